The highest BCUT2D eigenvalue weighted by atomic mass is 32.2. The first-order valence-electron chi connectivity index (χ1n) is 6.56. The minimum absolute atomic E-state index is 0.0458. The van der Waals surface area contributed by atoms with Crippen molar-refractivity contribution in [3.8, 4) is 0 Å². The standard InChI is InChI=1S/C14H16FNO2S/c15-11-5-8(1-4-13(11)19-10-2-3-10)12-6-9(7-16-12)14(17)18/h1,4-5,9-10,12,16H,2-3,6-7H2,(H,17,18). The van der Waals surface area contributed by atoms with E-state index in [1.54, 1.807) is 17.8 Å². The molecule has 1 heterocycles. The summed E-state index contributed by atoms with van der Waals surface area (Å²) in [6.45, 7) is 0.459. The Balaban J connectivity index is 1.71. The number of carboxylic acid groups (broad SMARTS) is 1. The van der Waals surface area contributed by atoms with E-state index in [4.69, 9.17) is 5.11 Å². The fraction of sp³-hybridized carbons (Fsp3) is 0.500. The number of aliphatic carboxylic acids is 1. The molecule has 1 saturated carbocycles. The maximum Gasteiger partial charge on any atom is 0.307 e. The summed E-state index contributed by atoms with van der Waals surface area (Å²) < 4.78 is 14.0. The second kappa shape index (κ2) is 5.13. The number of benzene rings is 1. The van der Waals surface area contributed by atoms with Crippen molar-refractivity contribution in [2.75, 3.05) is 6.54 Å². The molecule has 3 rings (SSSR count). The topological polar surface area (TPSA) is 49.3 Å². The van der Waals surface area contributed by atoms with E-state index in [1.807, 2.05) is 12.1 Å². The summed E-state index contributed by atoms with van der Waals surface area (Å²) in [6, 6.07) is 5.24. The Morgan fingerprint density at radius 2 is 2.21 bits per heavy atom. The van der Waals surface area contributed by atoms with Crippen LogP contribution in [-0.4, -0.2) is 22.9 Å². The van der Waals surface area contributed by atoms with Crippen molar-refractivity contribution in [3.05, 3.63) is 29.6 Å². The van der Waals surface area contributed by atoms with Crippen molar-refractivity contribution in [2.24, 2.45) is 5.92 Å². The van der Waals surface area contributed by atoms with E-state index in [1.165, 1.54) is 12.8 Å². The van der Waals surface area contributed by atoms with Crippen LogP contribution < -0.4 is 5.32 Å². The molecule has 3 nitrogen and oxygen atoms in total. The van der Waals surface area contributed by atoms with Crippen LogP contribution in [-0.2, 0) is 4.79 Å². The smallest absolute Gasteiger partial charge is 0.307 e. The van der Waals surface area contributed by atoms with Gasteiger partial charge in [0.25, 0.3) is 0 Å². The van der Waals surface area contributed by atoms with E-state index in [2.05, 4.69) is 5.32 Å². The van der Waals surface area contributed by atoms with Gasteiger partial charge >= 0.3 is 5.97 Å². The third-order valence-electron chi connectivity index (χ3n) is 3.66. The van der Waals surface area contributed by atoms with Gasteiger partial charge in [-0.05, 0) is 37.0 Å². The zero-order valence-corrected chi connectivity index (χ0v) is 11.3. The molecule has 2 N–H and O–H groups in total. The molecule has 2 atom stereocenters. The second-order valence-corrected chi connectivity index (χ2v) is 6.58. The van der Waals surface area contributed by atoms with E-state index in [0.717, 1.165) is 5.56 Å². The van der Waals surface area contributed by atoms with E-state index >= 15 is 0 Å². The van der Waals surface area contributed by atoms with Gasteiger partial charge in [-0.3, -0.25) is 4.79 Å². The molecule has 1 aliphatic carbocycles. The van der Waals surface area contributed by atoms with Crippen LogP contribution in [0.5, 0.6) is 0 Å². The van der Waals surface area contributed by atoms with Crippen molar-refractivity contribution in [3.63, 3.8) is 0 Å². The lowest BCUT2D eigenvalue weighted by Gasteiger charge is -2.12. The fourth-order valence-electron chi connectivity index (χ4n) is 2.37. The molecule has 0 amide bonds. The number of carbonyl (C=O) groups is 1. The van der Waals surface area contributed by atoms with E-state index in [0.29, 0.717) is 23.1 Å². The molecular formula is C14H16FNO2S. The zero-order valence-electron chi connectivity index (χ0n) is 10.4. The highest BCUT2D eigenvalue weighted by Crippen LogP contribution is 2.40. The summed E-state index contributed by atoms with van der Waals surface area (Å²) in [5.74, 6) is -1.33. The number of carboxylic acids is 1. The Labute approximate surface area is 115 Å². The van der Waals surface area contributed by atoms with Gasteiger partial charge in [-0.15, -0.1) is 11.8 Å². The minimum Gasteiger partial charge on any atom is -0.481 e. The van der Waals surface area contributed by atoms with Gasteiger partial charge in [-0.2, -0.15) is 0 Å². The van der Waals surface area contributed by atoms with Gasteiger partial charge in [0.2, 0.25) is 0 Å². The van der Waals surface area contributed by atoms with Gasteiger partial charge in [-0.25, -0.2) is 4.39 Å². The number of thioether (sulfide) groups is 1. The Bertz CT molecular complexity index is 504. The van der Waals surface area contributed by atoms with Gasteiger partial charge in [0, 0.05) is 22.7 Å². The van der Waals surface area contributed by atoms with Crippen LogP contribution in [0.4, 0.5) is 4.39 Å². The molecule has 0 spiro atoms. The molecule has 1 aromatic carbocycles. The minimum atomic E-state index is -0.781. The average Bonchev–Trinajstić information content (AvgIpc) is 3.05. The second-order valence-electron chi connectivity index (χ2n) is 5.24. The van der Waals surface area contributed by atoms with Crippen molar-refractivity contribution in [1.29, 1.82) is 0 Å². The highest BCUT2D eigenvalue weighted by molar-refractivity contribution is 8.00. The average molecular weight is 281 g/mol. The van der Waals surface area contributed by atoms with Crippen LogP contribution in [0.15, 0.2) is 23.1 Å². The van der Waals surface area contributed by atoms with Crippen LogP contribution in [0.3, 0.4) is 0 Å². The molecule has 2 fully saturated rings. The number of hydrogen-bond donors (Lipinski definition) is 2. The quantitative estimate of drug-likeness (QED) is 0.891. The Hall–Kier alpha value is -1.07. The first kappa shape index (κ1) is 12.9. The van der Waals surface area contributed by atoms with Crippen LogP contribution >= 0.6 is 11.8 Å². The summed E-state index contributed by atoms with van der Waals surface area (Å²) >= 11 is 1.60. The molecule has 1 aromatic rings. The molecule has 2 unspecified atom stereocenters. The summed E-state index contributed by atoms with van der Waals surface area (Å²) in [7, 11) is 0. The summed E-state index contributed by atoms with van der Waals surface area (Å²) in [5, 5.41) is 12.7. The van der Waals surface area contributed by atoms with Gasteiger partial charge in [-0.1, -0.05) is 6.07 Å². The molecule has 0 aromatic heterocycles. The molecule has 0 radical (unpaired) electrons. The van der Waals surface area contributed by atoms with Crippen LogP contribution in [0.2, 0.25) is 0 Å². The molecule has 5 heteroatoms. The van der Waals surface area contributed by atoms with Crippen LogP contribution in [0, 0.1) is 11.7 Å². The number of nitrogens with one attached hydrogen (secondary N) is 1. The van der Waals surface area contributed by atoms with Crippen molar-refractivity contribution < 1.29 is 14.3 Å². The number of rotatable bonds is 4. The summed E-state index contributed by atoms with van der Waals surface area (Å²) in [5.41, 5.74) is 0.849. The number of hydrogen-bond acceptors (Lipinski definition) is 3. The predicted molar refractivity (Wildman–Crippen MR) is 71.8 cm³/mol. The third-order valence-corrected chi connectivity index (χ3v) is 5.05. The molecule has 1 saturated heterocycles. The number of halogens is 1. The Kier molecular flexibility index (Phi) is 3.50. The van der Waals surface area contributed by atoms with Gasteiger partial charge in [0.05, 0.1) is 5.92 Å². The fourth-order valence-corrected chi connectivity index (χ4v) is 3.42. The molecule has 1 aliphatic heterocycles. The van der Waals surface area contributed by atoms with Gasteiger partial charge < -0.3 is 10.4 Å². The zero-order chi connectivity index (χ0) is 13.4. The van der Waals surface area contributed by atoms with Gasteiger partial charge in [0.1, 0.15) is 5.82 Å². The lowest BCUT2D eigenvalue weighted by molar-refractivity contribution is -0.141. The van der Waals surface area contributed by atoms with Gasteiger partial charge in [0.15, 0.2) is 0 Å². The molecule has 19 heavy (non-hydrogen) atoms. The summed E-state index contributed by atoms with van der Waals surface area (Å²) in [6.07, 6.45) is 2.89. The third kappa shape index (κ3) is 2.92. The van der Waals surface area contributed by atoms with E-state index in [-0.39, 0.29) is 17.8 Å². The monoisotopic (exact) mass is 281 g/mol. The molecular weight excluding hydrogens is 265 g/mol. The van der Waals surface area contributed by atoms with Crippen LogP contribution in [0.25, 0.3) is 0 Å². The Morgan fingerprint density at radius 3 is 2.79 bits per heavy atom. The van der Waals surface area contributed by atoms with E-state index < -0.39 is 5.97 Å². The van der Waals surface area contributed by atoms with Crippen molar-refractivity contribution in [2.45, 2.75) is 35.4 Å². The Morgan fingerprint density at radius 1 is 1.42 bits per heavy atom. The predicted octanol–water partition coefficient (Wildman–Crippen LogP) is 2.82. The molecule has 102 valence electrons. The van der Waals surface area contributed by atoms with Crippen molar-refractivity contribution in [1.82, 2.24) is 5.32 Å². The molecule has 0 bridgehead atoms. The normalized spacial score (nSPS) is 26.6. The first-order chi connectivity index (χ1) is 9.13. The van der Waals surface area contributed by atoms with Crippen LogP contribution in [0.1, 0.15) is 30.9 Å². The lowest BCUT2D eigenvalue weighted by atomic mass is 10.0. The first-order valence-corrected chi connectivity index (χ1v) is 7.44. The SMILES string of the molecule is O=C(O)C1CNC(c2ccc(SC3CC3)c(F)c2)C1. The lowest BCUT2D eigenvalue weighted by Crippen LogP contribution is -2.17. The van der Waals surface area contributed by atoms with Crippen molar-refractivity contribution >= 4 is 17.7 Å². The van der Waals surface area contributed by atoms with E-state index in [9.17, 15) is 9.18 Å². The maximum atomic E-state index is 14.0. The maximum absolute atomic E-state index is 14.0. The summed E-state index contributed by atoms with van der Waals surface area (Å²) in [4.78, 5) is 11.6. The highest BCUT2D eigenvalue weighted by Gasteiger charge is 2.30. The molecule has 2 aliphatic rings. The largest absolute Gasteiger partial charge is 0.481 e.